The highest BCUT2D eigenvalue weighted by Gasteiger charge is 2.19. The Labute approximate surface area is 108 Å². The third-order valence-corrected chi connectivity index (χ3v) is 3.22. The molecule has 1 atom stereocenters. The summed E-state index contributed by atoms with van der Waals surface area (Å²) < 4.78 is 0. The van der Waals surface area contributed by atoms with E-state index in [4.69, 9.17) is 5.73 Å². The normalized spacial score (nSPS) is 12.9. The Hall–Kier alpha value is -1.68. The number of hydrogen-bond donors (Lipinski definition) is 2. The number of rotatable bonds is 4. The molecule has 2 aromatic heterocycles. The number of nitrogens with two attached hydrogens (primary N) is 1. The van der Waals surface area contributed by atoms with Gasteiger partial charge in [0.1, 0.15) is 11.5 Å². The van der Waals surface area contributed by atoms with Crippen LogP contribution in [0.15, 0.2) is 24.4 Å². The van der Waals surface area contributed by atoms with Crippen LogP contribution in [0.1, 0.15) is 31.3 Å². The van der Waals surface area contributed by atoms with E-state index in [0.717, 1.165) is 22.9 Å². The molecule has 96 valence electrons. The molecular formula is C14H20N4. The van der Waals surface area contributed by atoms with Crippen molar-refractivity contribution in [2.45, 2.75) is 26.7 Å². The fraction of sp³-hybridized carbons (Fsp3) is 0.429. The Balaban J connectivity index is 2.38. The van der Waals surface area contributed by atoms with Gasteiger partial charge in [-0.1, -0.05) is 19.9 Å². The molecule has 0 fully saturated rings. The third kappa shape index (κ3) is 2.43. The lowest BCUT2D eigenvalue weighted by atomic mass is 9.95. The summed E-state index contributed by atoms with van der Waals surface area (Å²) >= 11 is 0. The molecular weight excluding hydrogens is 224 g/mol. The number of imidazole rings is 1. The standard InChI is InChI=1S/C14H20N4/c1-9(2)11(8-15)14-17-10(3)13(18-14)12-6-4-5-7-16-12/h4-7,9,11H,8,15H2,1-3H3,(H,17,18). The second-order valence-corrected chi connectivity index (χ2v) is 4.90. The molecule has 0 amide bonds. The minimum Gasteiger partial charge on any atom is -0.345 e. The summed E-state index contributed by atoms with van der Waals surface area (Å²) in [6, 6.07) is 5.85. The Morgan fingerprint density at radius 3 is 2.67 bits per heavy atom. The number of aromatic nitrogens is 3. The highest BCUT2D eigenvalue weighted by atomic mass is 15.0. The number of aryl methyl sites for hydroxylation is 1. The number of nitrogens with zero attached hydrogens (tertiary/aromatic N) is 2. The second kappa shape index (κ2) is 5.31. The average Bonchev–Trinajstić information content (AvgIpc) is 2.73. The summed E-state index contributed by atoms with van der Waals surface area (Å²) in [6.07, 6.45) is 1.78. The van der Waals surface area contributed by atoms with Crippen molar-refractivity contribution >= 4 is 0 Å². The van der Waals surface area contributed by atoms with Crippen LogP contribution in [0, 0.1) is 12.8 Å². The maximum absolute atomic E-state index is 5.83. The van der Waals surface area contributed by atoms with Crippen molar-refractivity contribution in [3.05, 3.63) is 35.9 Å². The van der Waals surface area contributed by atoms with Crippen LogP contribution < -0.4 is 5.73 Å². The molecule has 0 radical (unpaired) electrons. The first-order valence-corrected chi connectivity index (χ1v) is 6.31. The fourth-order valence-electron chi connectivity index (χ4n) is 2.11. The lowest BCUT2D eigenvalue weighted by Crippen LogP contribution is -2.19. The van der Waals surface area contributed by atoms with Crippen molar-refractivity contribution in [1.82, 2.24) is 15.0 Å². The first-order valence-electron chi connectivity index (χ1n) is 6.31. The molecule has 0 aliphatic heterocycles. The molecule has 0 spiro atoms. The summed E-state index contributed by atoms with van der Waals surface area (Å²) in [6.45, 7) is 6.95. The number of H-pyrrole nitrogens is 1. The van der Waals surface area contributed by atoms with Crippen LogP contribution in [0.25, 0.3) is 11.4 Å². The van der Waals surface area contributed by atoms with Crippen molar-refractivity contribution in [2.75, 3.05) is 6.54 Å². The van der Waals surface area contributed by atoms with Gasteiger partial charge in [0.25, 0.3) is 0 Å². The van der Waals surface area contributed by atoms with Crippen LogP contribution in [0.2, 0.25) is 0 Å². The van der Waals surface area contributed by atoms with Gasteiger partial charge in [-0.2, -0.15) is 0 Å². The molecule has 4 heteroatoms. The van der Waals surface area contributed by atoms with Gasteiger partial charge in [0.2, 0.25) is 0 Å². The Bertz CT molecular complexity index is 502. The highest BCUT2D eigenvalue weighted by molar-refractivity contribution is 5.57. The number of hydrogen-bond acceptors (Lipinski definition) is 3. The van der Waals surface area contributed by atoms with Crippen LogP contribution in [0.5, 0.6) is 0 Å². The monoisotopic (exact) mass is 244 g/mol. The number of pyridine rings is 1. The summed E-state index contributed by atoms with van der Waals surface area (Å²) in [4.78, 5) is 12.4. The van der Waals surface area contributed by atoms with Crippen molar-refractivity contribution < 1.29 is 0 Å². The molecule has 0 bridgehead atoms. The highest BCUT2D eigenvalue weighted by Crippen LogP contribution is 2.25. The van der Waals surface area contributed by atoms with Gasteiger partial charge in [-0.3, -0.25) is 4.98 Å². The maximum Gasteiger partial charge on any atom is 0.111 e. The first-order chi connectivity index (χ1) is 8.63. The fourth-order valence-corrected chi connectivity index (χ4v) is 2.11. The van der Waals surface area contributed by atoms with E-state index in [2.05, 4.69) is 28.8 Å². The summed E-state index contributed by atoms with van der Waals surface area (Å²) in [5, 5.41) is 0. The molecule has 0 aromatic carbocycles. The van der Waals surface area contributed by atoms with Crippen molar-refractivity contribution in [3.63, 3.8) is 0 Å². The van der Waals surface area contributed by atoms with Crippen LogP contribution in [-0.4, -0.2) is 21.5 Å². The second-order valence-electron chi connectivity index (χ2n) is 4.90. The van der Waals surface area contributed by atoms with E-state index in [1.807, 2.05) is 25.1 Å². The average molecular weight is 244 g/mol. The van der Waals surface area contributed by atoms with E-state index in [1.165, 1.54) is 0 Å². The molecule has 4 nitrogen and oxygen atoms in total. The van der Waals surface area contributed by atoms with Gasteiger partial charge < -0.3 is 10.7 Å². The topological polar surface area (TPSA) is 67.6 Å². The van der Waals surface area contributed by atoms with E-state index in [-0.39, 0.29) is 5.92 Å². The van der Waals surface area contributed by atoms with Gasteiger partial charge in [-0.15, -0.1) is 0 Å². The number of nitrogens with one attached hydrogen (secondary N) is 1. The van der Waals surface area contributed by atoms with Crippen LogP contribution in [0.4, 0.5) is 0 Å². The van der Waals surface area contributed by atoms with Crippen LogP contribution >= 0.6 is 0 Å². The SMILES string of the molecule is Cc1[nH]c(C(CN)C(C)C)nc1-c1ccccn1. The summed E-state index contributed by atoms with van der Waals surface area (Å²) in [7, 11) is 0. The minimum absolute atomic E-state index is 0.265. The minimum atomic E-state index is 0.265. The molecule has 18 heavy (non-hydrogen) atoms. The lowest BCUT2D eigenvalue weighted by Gasteiger charge is -2.15. The van der Waals surface area contributed by atoms with E-state index in [9.17, 15) is 0 Å². The van der Waals surface area contributed by atoms with E-state index < -0.39 is 0 Å². The molecule has 3 N–H and O–H groups in total. The molecule has 2 heterocycles. The molecule has 2 aromatic rings. The van der Waals surface area contributed by atoms with Gasteiger partial charge in [0, 0.05) is 24.4 Å². The third-order valence-electron chi connectivity index (χ3n) is 3.22. The molecule has 0 saturated heterocycles. The zero-order valence-corrected chi connectivity index (χ0v) is 11.1. The smallest absolute Gasteiger partial charge is 0.111 e. The summed E-state index contributed by atoms with van der Waals surface area (Å²) in [5.74, 6) is 1.70. The molecule has 1 unspecified atom stereocenters. The van der Waals surface area contributed by atoms with Crippen LogP contribution in [-0.2, 0) is 0 Å². The Kier molecular flexibility index (Phi) is 3.77. The Morgan fingerprint density at radius 2 is 2.11 bits per heavy atom. The maximum atomic E-state index is 5.83. The number of aromatic amines is 1. The zero-order valence-electron chi connectivity index (χ0n) is 11.1. The predicted molar refractivity (Wildman–Crippen MR) is 73.2 cm³/mol. The van der Waals surface area contributed by atoms with Gasteiger partial charge >= 0.3 is 0 Å². The van der Waals surface area contributed by atoms with E-state index >= 15 is 0 Å². The van der Waals surface area contributed by atoms with Gasteiger partial charge in [0.05, 0.1) is 5.69 Å². The van der Waals surface area contributed by atoms with E-state index in [0.29, 0.717) is 12.5 Å². The van der Waals surface area contributed by atoms with Crippen molar-refractivity contribution in [3.8, 4) is 11.4 Å². The predicted octanol–water partition coefficient (Wildman–Crippen LogP) is 2.48. The molecule has 2 rings (SSSR count). The first kappa shape index (κ1) is 12.8. The van der Waals surface area contributed by atoms with Gasteiger partial charge in [-0.05, 0) is 25.0 Å². The van der Waals surface area contributed by atoms with Gasteiger partial charge in [-0.25, -0.2) is 4.98 Å². The van der Waals surface area contributed by atoms with Crippen LogP contribution in [0.3, 0.4) is 0 Å². The zero-order chi connectivity index (χ0) is 13.1. The summed E-state index contributed by atoms with van der Waals surface area (Å²) in [5.41, 5.74) is 8.69. The van der Waals surface area contributed by atoms with Crippen molar-refractivity contribution in [1.29, 1.82) is 0 Å². The van der Waals surface area contributed by atoms with Crippen molar-refractivity contribution in [2.24, 2.45) is 11.7 Å². The Morgan fingerprint density at radius 1 is 1.33 bits per heavy atom. The quantitative estimate of drug-likeness (QED) is 0.868. The van der Waals surface area contributed by atoms with Gasteiger partial charge in [0.15, 0.2) is 0 Å². The lowest BCUT2D eigenvalue weighted by molar-refractivity contribution is 0.487. The molecule has 0 saturated carbocycles. The van der Waals surface area contributed by atoms with E-state index in [1.54, 1.807) is 6.20 Å². The molecule has 0 aliphatic rings. The molecule has 0 aliphatic carbocycles. The largest absolute Gasteiger partial charge is 0.345 e.